The molecule has 172 valence electrons. The van der Waals surface area contributed by atoms with E-state index in [1.54, 1.807) is 4.90 Å². The van der Waals surface area contributed by atoms with Gasteiger partial charge in [-0.15, -0.1) is 0 Å². The molecule has 0 aliphatic carbocycles. The van der Waals surface area contributed by atoms with Crippen LogP contribution in [-0.2, 0) is 27.2 Å². The molecule has 0 radical (unpaired) electrons. The van der Waals surface area contributed by atoms with Crippen molar-refractivity contribution in [3.8, 4) is 0 Å². The Balaban J connectivity index is 1.46. The number of aromatic nitrogens is 1. The molecular weight excluding hydrogens is 414 g/mol. The van der Waals surface area contributed by atoms with Crippen LogP contribution in [0.2, 0.25) is 0 Å². The Morgan fingerprint density at radius 2 is 1.85 bits per heavy atom. The lowest BCUT2D eigenvalue weighted by Crippen LogP contribution is -2.63. The fourth-order valence-electron chi connectivity index (χ4n) is 5.38. The first-order chi connectivity index (χ1) is 16.2. The van der Waals surface area contributed by atoms with Gasteiger partial charge in [-0.05, 0) is 43.4 Å². The number of para-hydroxylation sites is 1. The zero-order chi connectivity index (χ0) is 22.8. The Hall–Kier alpha value is -3.12. The molecule has 6 heteroatoms. The monoisotopic (exact) mass is 445 g/mol. The molecule has 33 heavy (non-hydrogen) atoms. The van der Waals surface area contributed by atoms with Crippen LogP contribution in [0.15, 0.2) is 54.6 Å². The lowest BCUT2D eigenvalue weighted by Gasteiger charge is -2.47. The van der Waals surface area contributed by atoms with Crippen LogP contribution in [0.5, 0.6) is 0 Å². The lowest BCUT2D eigenvalue weighted by molar-refractivity contribution is -0.160. The van der Waals surface area contributed by atoms with Crippen LogP contribution in [0.1, 0.15) is 42.6 Å². The van der Waals surface area contributed by atoms with Crippen molar-refractivity contribution in [2.24, 2.45) is 0 Å². The molecule has 0 bridgehead atoms. The van der Waals surface area contributed by atoms with E-state index in [4.69, 9.17) is 4.74 Å². The lowest BCUT2D eigenvalue weighted by atomic mass is 9.86. The first-order valence-electron chi connectivity index (χ1n) is 12.0. The number of nitrogens with zero attached hydrogens (tertiary/aromatic N) is 2. The summed E-state index contributed by atoms with van der Waals surface area (Å²) in [5.41, 5.74) is 4.59. The van der Waals surface area contributed by atoms with E-state index in [0.717, 1.165) is 35.9 Å². The molecular formula is C27H31N3O3. The van der Waals surface area contributed by atoms with E-state index in [0.29, 0.717) is 26.2 Å². The highest BCUT2D eigenvalue weighted by Gasteiger charge is 2.47. The molecule has 2 aromatic carbocycles. The van der Waals surface area contributed by atoms with E-state index >= 15 is 0 Å². The summed E-state index contributed by atoms with van der Waals surface area (Å²) in [5, 5.41) is 1.16. The minimum Gasteiger partial charge on any atom is -0.382 e. The molecule has 2 amide bonds. The smallest absolute Gasteiger partial charge is 0.246 e. The van der Waals surface area contributed by atoms with E-state index in [1.807, 2.05) is 42.2 Å². The molecule has 2 aliphatic rings. The number of H-pyrrole nitrogens is 1. The van der Waals surface area contributed by atoms with Crippen LogP contribution in [0.25, 0.3) is 10.9 Å². The van der Waals surface area contributed by atoms with Crippen LogP contribution >= 0.6 is 0 Å². The number of amides is 2. The molecule has 2 atom stereocenters. The fourth-order valence-corrected chi connectivity index (χ4v) is 5.38. The van der Waals surface area contributed by atoms with E-state index in [9.17, 15) is 9.59 Å². The summed E-state index contributed by atoms with van der Waals surface area (Å²) < 4.78 is 5.43. The van der Waals surface area contributed by atoms with Gasteiger partial charge in [-0.1, -0.05) is 48.5 Å². The number of nitrogens with one attached hydrogen (secondary N) is 1. The van der Waals surface area contributed by atoms with Crippen LogP contribution in [-0.4, -0.2) is 58.9 Å². The number of benzene rings is 2. The summed E-state index contributed by atoms with van der Waals surface area (Å²) in [6, 6.07) is 18.0. The van der Waals surface area contributed by atoms with Gasteiger partial charge in [0.1, 0.15) is 6.04 Å². The van der Waals surface area contributed by atoms with E-state index in [2.05, 4.69) is 29.2 Å². The van der Waals surface area contributed by atoms with Crippen LogP contribution in [0, 0.1) is 0 Å². The van der Waals surface area contributed by atoms with Gasteiger partial charge in [0.15, 0.2) is 0 Å². The number of rotatable bonds is 8. The van der Waals surface area contributed by atoms with Gasteiger partial charge in [-0.2, -0.15) is 0 Å². The van der Waals surface area contributed by atoms with Crippen LogP contribution < -0.4 is 0 Å². The minimum absolute atomic E-state index is 0.0402. The molecule has 0 spiro atoms. The number of hydrogen-bond donors (Lipinski definition) is 1. The maximum absolute atomic E-state index is 13.5. The van der Waals surface area contributed by atoms with Gasteiger partial charge in [0.05, 0.1) is 12.6 Å². The predicted molar refractivity (Wildman–Crippen MR) is 128 cm³/mol. The Kier molecular flexibility index (Phi) is 6.18. The van der Waals surface area contributed by atoms with Gasteiger partial charge in [-0.3, -0.25) is 9.59 Å². The molecule has 3 heterocycles. The number of ether oxygens (including phenoxy) is 1. The third-order valence-electron chi connectivity index (χ3n) is 6.93. The standard InChI is InChI=1S/C27H31N3O3/c1-2-33-16-8-15-29-18-25(31)30-23(14-13-19-9-4-3-5-10-19)26-21(17-24(30)27(29)32)20-11-6-7-12-22(20)28-26/h3-7,9-12,23-24,28H,2,8,13-18H2,1H3/t23-,24+/m1/s1. The molecule has 5 rings (SSSR count). The quantitative estimate of drug-likeness (QED) is 0.536. The van der Waals surface area contributed by atoms with Crippen LogP contribution in [0.3, 0.4) is 0 Å². The van der Waals surface area contributed by atoms with E-state index in [1.165, 1.54) is 11.1 Å². The summed E-state index contributed by atoms with van der Waals surface area (Å²) in [6.45, 7) is 3.94. The predicted octanol–water partition coefficient (Wildman–Crippen LogP) is 3.86. The first kappa shape index (κ1) is 21.7. The third kappa shape index (κ3) is 4.15. The van der Waals surface area contributed by atoms with Crippen molar-refractivity contribution >= 4 is 22.7 Å². The van der Waals surface area contributed by atoms with E-state index < -0.39 is 6.04 Å². The second kappa shape index (κ2) is 9.40. The maximum atomic E-state index is 13.5. The normalized spacial score (nSPS) is 20.3. The molecule has 3 aromatic rings. The summed E-state index contributed by atoms with van der Waals surface area (Å²) in [4.78, 5) is 34.1. The number of aryl methyl sites for hydroxylation is 1. The van der Waals surface area contributed by atoms with Crippen molar-refractivity contribution in [3.05, 3.63) is 71.4 Å². The Morgan fingerprint density at radius 3 is 2.67 bits per heavy atom. The molecule has 2 aliphatic heterocycles. The van der Waals surface area contributed by atoms with Crippen molar-refractivity contribution in [1.29, 1.82) is 0 Å². The number of aromatic amines is 1. The van der Waals surface area contributed by atoms with Gasteiger partial charge in [0.2, 0.25) is 11.8 Å². The molecule has 1 N–H and O–H groups in total. The topological polar surface area (TPSA) is 65.6 Å². The molecule has 1 aromatic heterocycles. The summed E-state index contributed by atoms with van der Waals surface area (Å²) in [7, 11) is 0. The minimum atomic E-state index is -0.439. The number of piperazine rings is 1. The largest absolute Gasteiger partial charge is 0.382 e. The van der Waals surface area contributed by atoms with Crippen molar-refractivity contribution in [3.63, 3.8) is 0 Å². The zero-order valence-electron chi connectivity index (χ0n) is 19.1. The van der Waals surface area contributed by atoms with Crippen molar-refractivity contribution < 1.29 is 14.3 Å². The average molecular weight is 446 g/mol. The SMILES string of the molecule is CCOCCCN1CC(=O)N2[C@H](CCc3ccccc3)c3[nH]c4ccccc4c3C[C@H]2C1=O. The maximum Gasteiger partial charge on any atom is 0.246 e. The number of hydrogen-bond acceptors (Lipinski definition) is 3. The average Bonchev–Trinajstić information content (AvgIpc) is 3.22. The van der Waals surface area contributed by atoms with Gasteiger partial charge >= 0.3 is 0 Å². The molecule has 6 nitrogen and oxygen atoms in total. The molecule has 1 saturated heterocycles. The van der Waals surface area contributed by atoms with Crippen LogP contribution in [0.4, 0.5) is 0 Å². The summed E-state index contributed by atoms with van der Waals surface area (Å²) in [6.07, 6.45) is 2.94. The zero-order valence-corrected chi connectivity index (χ0v) is 19.1. The van der Waals surface area contributed by atoms with Crippen molar-refractivity contribution in [2.45, 2.75) is 44.7 Å². The van der Waals surface area contributed by atoms with E-state index in [-0.39, 0.29) is 24.4 Å². The van der Waals surface area contributed by atoms with Gasteiger partial charge in [0, 0.05) is 42.8 Å². The molecule has 0 saturated carbocycles. The number of fused-ring (bicyclic) bond motifs is 4. The molecule has 1 fully saturated rings. The highest BCUT2D eigenvalue weighted by Crippen LogP contribution is 2.41. The second-order valence-corrected chi connectivity index (χ2v) is 8.93. The molecule has 0 unspecified atom stereocenters. The number of carbonyl (C=O) groups excluding carboxylic acids is 2. The fraction of sp³-hybridized carbons (Fsp3) is 0.407. The van der Waals surface area contributed by atoms with Crippen molar-refractivity contribution in [2.75, 3.05) is 26.3 Å². The number of carbonyl (C=O) groups is 2. The highest BCUT2D eigenvalue weighted by atomic mass is 16.5. The van der Waals surface area contributed by atoms with Gasteiger partial charge in [-0.25, -0.2) is 0 Å². The Labute approximate surface area is 194 Å². The highest BCUT2D eigenvalue weighted by molar-refractivity contribution is 5.97. The first-order valence-corrected chi connectivity index (χ1v) is 12.0. The third-order valence-corrected chi connectivity index (χ3v) is 6.93. The Morgan fingerprint density at radius 1 is 1.06 bits per heavy atom. The summed E-state index contributed by atoms with van der Waals surface area (Å²) >= 11 is 0. The van der Waals surface area contributed by atoms with Gasteiger partial charge < -0.3 is 19.5 Å². The Bertz CT molecular complexity index is 1140. The second-order valence-electron chi connectivity index (χ2n) is 8.93. The van der Waals surface area contributed by atoms with Crippen molar-refractivity contribution in [1.82, 2.24) is 14.8 Å². The summed E-state index contributed by atoms with van der Waals surface area (Å²) in [5.74, 6) is 0.102. The van der Waals surface area contributed by atoms with Gasteiger partial charge in [0.25, 0.3) is 0 Å².